The lowest BCUT2D eigenvalue weighted by molar-refractivity contribution is -0.385. The number of nitrogens with zero attached hydrogens (tertiary/aromatic N) is 2. The van der Waals surface area contributed by atoms with Crippen molar-refractivity contribution in [2.24, 2.45) is 0 Å². The van der Waals surface area contributed by atoms with E-state index in [-0.39, 0.29) is 18.3 Å². The number of piperidine rings is 1. The molecule has 0 aromatic heterocycles. The van der Waals surface area contributed by atoms with Gasteiger partial charge in [-0.3, -0.25) is 15.0 Å². The molecule has 1 saturated heterocycles. The number of rotatable bonds is 5. The van der Waals surface area contributed by atoms with E-state index in [2.05, 4.69) is 4.90 Å². The molecule has 1 aromatic rings. The quantitative estimate of drug-likeness (QED) is 0.659. The molecular weight excluding hydrogens is 260 g/mol. The standard InChI is InChI=1S/C14H20N2O4/c1-20-14-6-5-12(16(18)19)8-11(14)9-15-7-3-2-4-13(15)10-17/h5-6,8,13,17H,2-4,7,9-10H2,1H3. The van der Waals surface area contributed by atoms with Gasteiger partial charge in [0.25, 0.3) is 5.69 Å². The van der Waals surface area contributed by atoms with Crippen LogP contribution in [0.15, 0.2) is 18.2 Å². The van der Waals surface area contributed by atoms with Crippen molar-refractivity contribution in [1.29, 1.82) is 0 Å². The molecule has 6 heteroatoms. The third kappa shape index (κ3) is 3.26. The predicted octanol–water partition coefficient (Wildman–Crippen LogP) is 1.95. The Bertz CT molecular complexity index is 478. The summed E-state index contributed by atoms with van der Waals surface area (Å²) in [7, 11) is 1.56. The zero-order chi connectivity index (χ0) is 14.5. The highest BCUT2D eigenvalue weighted by Gasteiger charge is 2.23. The lowest BCUT2D eigenvalue weighted by Crippen LogP contribution is -2.41. The third-order valence-corrected chi connectivity index (χ3v) is 3.81. The second kappa shape index (κ2) is 6.67. The highest BCUT2D eigenvalue weighted by molar-refractivity contribution is 5.43. The van der Waals surface area contributed by atoms with Gasteiger partial charge in [-0.1, -0.05) is 6.42 Å². The van der Waals surface area contributed by atoms with Crippen LogP contribution in [0, 0.1) is 10.1 Å². The van der Waals surface area contributed by atoms with E-state index in [9.17, 15) is 15.2 Å². The first-order valence-corrected chi connectivity index (χ1v) is 6.82. The first kappa shape index (κ1) is 14.7. The van der Waals surface area contributed by atoms with Crippen molar-refractivity contribution >= 4 is 5.69 Å². The van der Waals surface area contributed by atoms with Crippen molar-refractivity contribution < 1.29 is 14.8 Å². The van der Waals surface area contributed by atoms with Gasteiger partial charge < -0.3 is 9.84 Å². The van der Waals surface area contributed by atoms with Crippen LogP contribution in [0.25, 0.3) is 0 Å². The number of non-ortho nitro benzene ring substituents is 1. The van der Waals surface area contributed by atoms with Crippen molar-refractivity contribution in [3.63, 3.8) is 0 Å². The molecule has 0 amide bonds. The molecule has 0 saturated carbocycles. The number of nitro groups is 1. The Labute approximate surface area is 118 Å². The van der Waals surface area contributed by atoms with Crippen molar-refractivity contribution in [1.82, 2.24) is 4.90 Å². The monoisotopic (exact) mass is 280 g/mol. The molecule has 1 fully saturated rings. The lowest BCUT2D eigenvalue weighted by atomic mass is 10.0. The lowest BCUT2D eigenvalue weighted by Gasteiger charge is -2.34. The minimum absolute atomic E-state index is 0.0679. The average molecular weight is 280 g/mol. The predicted molar refractivity (Wildman–Crippen MR) is 74.8 cm³/mol. The van der Waals surface area contributed by atoms with Crippen molar-refractivity contribution in [2.45, 2.75) is 31.8 Å². The summed E-state index contributed by atoms with van der Waals surface area (Å²) >= 11 is 0. The molecule has 20 heavy (non-hydrogen) atoms. The fourth-order valence-electron chi connectivity index (χ4n) is 2.70. The summed E-state index contributed by atoms with van der Waals surface area (Å²) in [6.07, 6.45) is 3.18. The van der Waals surface area contributed by atoms with Crippen LogP contribution in [-0.2, 0) is 6.54 Å². The molecule has 0 radical (unpaired) electrons. The Morgan fingerprint density at radius 2 is 2.30 bits per heavy atom. The summed E-state index contributed by atoms with van der Waals surface area (Å²) in [4.78, 5) is 12.6. The number of hydrogen-bond acceptors (Lipinski definition) is 5. The molecule has 1 heterocycles. The van der Waals surface area contributed by atoms with Gasteiger partial charge in [0.1, 0.15) is 5.75 Å². The van der Waals surface area contributed by atoms with Crippen molar-refractivity contribution in [3.05, 3.63) is 33.9 Å². The Hall–Kier alpha value is -1.66. The largest absolute Gasteiger partial charge is 0.496 e. The fraction of sp³-hybridized carbons (Fsp3) is 0.571. The van der Waals surface area contributed by atoms with Crippen LogP contribution in [0.5, 0.6) is 5.75 Å². The molecule has 2 rings (SSSR count). The zero-order valence-corrected chi connectivity index (χ0v) is 11.6. The highest BCUT2D eigenvalue weighted by Crippen LogP contribution is 2.27. The summed E-state index contributed by atoms with van der Waals surface area (Å²) < 4.78 is 5.28. The summed E-state index contributed by atoms with van der Waals surface area (Å²) in [6.45, 7) is 1.59. The zero-order valence-electron chi connectivity index (χ0n) is 11.6. The number of likely N-dealkylation sites (tertiary alicyclic amines) is 1. The van der Waals surface area contributed by atoms with E-state index in [0.29, 0.717) is 12.3 Å². The normalized spacial score (nSPS) is 19.8. The summed E-state index contributed by atoms with van der Waals surface area (Å²) in [5.41, 5.74) is 0.861. The molecule has 0 bridgehead atoms. The summed E-state index contributed by atoms with van der Waals surface area (Å²) in [5, 5.41) is 20.3. The average Bonchev–Trinajstić information content (AvgIpc) is 2.47. The van der Waals surface area contributed by atoms with Gasteiger partial charge in [0, 0.05) is 30.3 Å². The minimum Gasteiger partial charge on any atom is -0.496 e. The van der Waals surface area contributed by atoms with E-state index in [1.807, 2.05) is 0 Å². The van der Waals surface area contributed by atoms with Gasteiger partial charge in [-0.2, -0.15) is 0 Å². The van der Waals surface area contributed by atoms with E-state index in [1.165, 1.54) is 6.07 Å². The molecular formula is C14H20N2O4. The maximum Gasteiger partial charge on any atom is 0.270 e. The van der Waals surface area contributed by atoms with Crippen LogP contribution in [0.4, 0.5) is 5.69 Å². The molecule has 1 atom stereocenters. The summed E-state index contributed by atoms with van der Waals surface area (Å²) in [6, 6.07) is 4.77. The number of benzene rings is 1. The molecule has 6 nitrogen and oxygen atoms in total. The van der Waals surface area contributed by atoms with Gasteiger partial charge in [-0.25, -0.2) is 0 Å². The van der Waals surface area contributed by atoms with Crippen LogP contribution in [0.1, 0.15) is 24.8 Å². The van der Waals surface area contributed by atoms with Gasteiger partial charge in [0.2, 0.25) is 0 Å². The molecule has 110 valence electrons. The SMILES string of the molecule is COc1ccc([N+](=O)[O-])cc1CN1CCCCC1CO. The minimum atomic E-state index is -0.400. The van der Waals surface area contributed by atoms with Gasteiger partial charge in [0.15, 0.2) is 0 Å². The van der Waals surface area contributed by atoms with Crippen LogP contribution >= 0.6 is 0 Å². The maximum absolute atomic E-state index is 10.9. The maximum atomic E-state index is 10.9. The van der Waals surface area contributed by atoms with E-state index in [1.54, 1.807) is 19.2 Å². The van der Waals surface area contributed by atoms with Crippen molar-refractivity contribution in [3.8, 4) is 5.75 Å². The molecule has 1 aliphatic heterocycles. The molecule has 1 aromatic carbocycles. The van der Waals surface area contributed by atoms with E-state index >= 15 is 0 Å². The summed E-state index contributed by atoms with van der Waals surface area (Å²) in [5.74, 6) is 0.651. The number of ether oxygens (including phenoxy) is 1. The molecule has 0 spiro atoms. The van der Waals surface area contributed by atoms with Crippen molar-refractivity contribution in [2.75, 3.05) is 20.3 Å². The highest BCUT2D eigenvalue weighted by atomic mass is 16.6. The van der Waals surface area contributed by atoms with Crippen LogP contribution in [0.3, 0.4) is 0 Å². The van der Waals surface area contributed by atoms with E-state index in [4.69, 9.17) is 4.74 Å². The first-order valence-electron chi connectivity index (χ1n) is 6.82. The number of methoxy groups -OCH3 is 1. The Morgan fingerprint density at radius 1 is 1.50 bits per heavy atom. The van der Waals surface area contributed by atoms with Gasteiger partial charge in [0.05, 0.1) is 18.6 Å². The number of hydrogen-bond donors (Lipinski definition) is 1. The molecule has 1 N–H and O–H groups in total. The smallest absolute Gasteiger partial charge is 0.270 e. The van der Waals surface area contributed by atoms with Gasteiger partial charge in [-0.15, -0.1) is 0 Å². The Balaban J connectivity index is 2.21. The molecule has 1 aliphatic rings. The van der Waals surface area contributed by atoms with E-state index < -0.39 is 4.92 Å². The van der Waals surface area contributed by atoms with Gasteiger partial charge >= 0.3 is 0 Å². The third-order valence-electron chi connectivity index (χ3n) is 3.81. The Kier molecular flexibility index (Phi) is 4.92. The number of nitro benzene ring substituents is 1. The van der Waals surface area contributed by atoms with Crippen LogP contribution in [0.2, 0.25) is 0 Å². The van der Waals surface area contributed by atoms with E-state index in [0.717, 1.165) is 31.4 Å². The molecule has 1 unspecified atom stereocenters. The fourth-order valence-corrected chi connectivity index (χ4v) is 2.70. The molecule has 0 aliphatic carbocycles. The van der Waals surface area contributed by atoms with Crippen LogP contribution in [-0.4, -0.2) is 41.2 Å². The topological polar surface area (TPSA) is 75.8 Å². The Morgan fingerprint density at radius 3 is 2.95 bits per heavy atom. The van der Waals surface area contributed by atoms with Crippen LogP contribution < -0.4 is 4.74 Å². The second-order valence-electron chi connectivity index (χ2n) is 5.06. The second-order valence-corrected chi connectivity index (χ2v) is 5.06. The van der Waals surface area contributed by atoms with Gasteiger partial charge in [-0.05, 0) is 25.5 Å². The first-order chi connectivity index (χ1) is 9.65. The number of aliphatic hydroxyl groups is 1. The number of aliphatic hydroxyl groups excluding tert-OH is 1.